The molecule has 0 spiro atoms. The third-order valence-electron chi connectivity index (χ3n) is 4.77. The predicted octanol–water partition coefficient (Wildman–Crippen LogP) is 4.46. The van der Waals surface area contributed by atoms with Gasteiger partial charge in [0.05, 0.1) is 0 Å². The molecule has 2 nitrogen and oxygen atoms in total. The molecular weight excluding hydrogens is 256 g/mol. The third-order valence-corrected chi connectivity index (χ3v) is 4.77. The van der Waals surface area contributed by atoms with Gasteiger partial charge >= 0.3 is 0 Å². The van der Waals surface area contributed by atoms with E-state index in [0.29, 0.717) is 12.6 Å². The highest BCUT2D eigenvalue weighted by atomic mass is 15.2. The third kappa shape index (κ3) is 2.77. The number of hydrogen-bond donors (Lipinski definition) is 1. The Kier molecular flexibility index (Phi) is 4.45. The van der Waals surface area contributed by atoms with Crippen LogP contribution in [0.3, 0.4) is 0 Å². The maximum Gasteiger partial charge on any atom is 0.0448 e. The van der Waals surface area contributed by atoms with E-state index in [0.717, 1.165) is 0 Å². The molecule has 1 unspecified atom stereocenters. The molecule has 3 rings (SSSR count). The van der Waals surface area contributed by atoms with Gasteiger partial charge in [0.2, 0.25) is 0 Å². The van der Waals surface area contributed by atoms with Crippen molar-refractivity contribution in [2.24, 2.45) is 5.73 Å². The first-order chi connectivity index (χ1) is 10.3. The first-order valence-electron chi connectivity index (χ1n) is 8.32. The second kappa shape index (κ2) is 6.48. The number of rotatable bonds is 4. The van der Waals surface area contributed by atoms with Crippen LogP contribution in [0.15, 0.2) is 36.4 Å². The second-order valence-electron chi connectivity index (χ2n) is 6.13. The number of anilines is 1. The average Bonchev–Trinajstić information content (AvgIpc) is 2.55. The van der Waals surface area contributed by atoms with Crippen molar-refractivity contribution in [2.45, 2.75) is 51.6 Å². The molecule has 112 valence electrons. The van der Waals surface area contributed by atoms with Crippen LogP contribution in [0.2, 0.25) is 0 Å². The lowest BCUT2D eigenvalue weighted by molar-refractivity contribution is 0.435. The van der Waals surface area contributed by atoms with Crippen molar-refractivity contribution in [1.29, 1.82) is 0 Å². The highest BCUT2D eigenvalue weighted by Gasteiger charge is 2.23. The number of benzene rings is 2. The maximum absolute atomic E-state index is 5.91. The fraction of sp³-hybridized carbons (Fsp3) is 0.474. The number of nitrogens with zero attached hydrogens (tertiary/aromatic N) is 1. The second-order valence-corrected chi connectivity index (χ2v) is 6.13. The van der Waals surface area contributed by atoms with Gasteiger partial charge in [0.15, 0.2) is 0 Å². The van der Waals surface area contributed by atoms with Crippen LogP contribution in [0.1, 0.15) is 44.6 Å². The molecule has 21 heavy (non-hydrogen) atoms. The number of piperidine rings is 1. The molecule has 1 fully saturated rings. The van der Waals surface area contributed by atoms with E-state index >= 15 is 0 Å². The lowest BCUT2D eigenvalue weighted by Gasteiger charge is -2.38. The summed E-state index contributed by atoms with van der Waals surface area (Å²) in [5.41, 5.74) is 8.56. The van der Waals surface area contributed by atoms with Gasteiger partial charge in [-0.1, -0.05) is 43.7 Å². The van der Waals surface area contributed by atoms with Crippen LogP contribution in [0.25, 0.3) is 10.8 Å². The summed E-state index contributed by atoms with van der Waals surface area (Å²) in [4.78, 5) is 2.65. The van der Waals surface area contributed by atoms with Crippen LogP contribution >= 0.6 is 0 Å². The molecule has 2 N–H and O–H groups in total. The average molecular weight is 282 g/mol. The molecule has 1 atom stereocenters. The van der Waals surface area contributed by atoms with E-state index in [4.69, 9.17) is 5.73 Å². The van der Waals surface area contributed by atoms with E-state index < -0.39 is 0 Å². The number of nitrogens with two attached hydrogens (primary N) is 1. The van der Waals surface area contributed by atoms with Crippen LogP contribution in [0.4, 0.5) is 5.69 Å². The Morgan fingerprint density at radius 1 is 1.10 bits per heavy atom. The van der Waals surface area contributed by atoms with Crippen molar-refractivity contribution < 1.29 is 0 Å². The zero-order valence-electron chi connectivity index (χ0n) is 13.0. The highest BCUT2D eigenvalue weighted by molar-refractivity contribution is 5.96. The van der Waals surface area contributed by atoms with Crippen molar-refractivity contribution in [3.05, 3.63) is 42.0 Å². The molecule has 0 bridgehead atoms. The molecule has 1 heterocycles. The Balaban J connectivity index is 2.06. The Bertz CT molecular complexity index is 604. The molecule has 0 amide bonds. The van der Waals surface area contributed by atoms with Crippen molar-refractivity contribution in [1.82, 2.24) is 0 Å². The number of hydrogen-bond acceptors (Lipinski definition) is 2. The van der Waals surface area contributed by atoms with Crippen molar-refractivity contribution in [3.63, 3.8) is 0 Å². The summed E-state index contributed by atoms with van der Waals surface area (Å²) in [5.74, 6) is 0. The summed E-state index contributed by atoms with van der Waals surface area (Å²) in [5, 5.41) is 2.68. The van der Waals surface area contributed by atoms with E-state index in [1.165, 1.54) is 60.7 Å². The first kappa shape index (κ1) is 14.4. The predicted molar refractivity (Wildman–Crippen MR) is 91.7 cm³/mol. The van der Waals surface area contributed by atoms with Crippen LogP contribution < -0.4 is 10.6 Å². The van der Waals surface area contributed by atoms with Crippen LogP contribution in [0.5, 0.6) is 0 Å². The summed E-state index contributed by atoms with van der Waals surface area (Å²) < 4.78 is 0. The van der Waals surface area contributed by atoms with Crippen molar-refractivity contribution >= 4 is 16.5 Å². The maximum atomic E-state index is 5.91. The molecule has 2 heteroatoms. The Morgan fingerprint density at radius 3 is 2.67 bits per heavy atom. The van der Waals surface area contributed by atoms with Gasteiger partial charge in [-0.15, -0.1) is 0 Å². The van der Waals surface area contributed by atoms with Gasteiger partial charge in [0.1, 0.15) is 0 Å². The monoisotopic (exact) mass is 282 g/mol. The molecule has 0 saturated carbocycles. The van der Waals surface area contributed by atoms with E-state index in [-0.39, 0.29) is 0 Å². The van der Waals surface area contributed by atoms with Gasteiger partial charge in [-0.3, -0.25) is 0 Å². The van der Waals surface area contributed by atoms with Gasteiger partial charge in [0, 0.05) is 30.2 Å². The van der Waals surface area contributed by atoms with Gasteiger partial charge in [0.25, 0.3) is 0 Å². The lowest BCUT2D eigenvalue weighted by atomic mass is 9.95. The molecule has 1 saturated heterocycles. The van der Waals surface area contributed by atoms with Gasteiger partial charge < -0.3 is 10.6 Å². The zero-order chi connectivity index (χ0) is 14.7. The fourth-order valence-electron chi connectivity index (χ4n) is 3.73. The summed E-state index contributed by atoms with van der Waals surface area (Å²) in [6.07, 6.45) is 6.58. The molecule has 0 radical (unpaired) electrons. The van der Waals surface area contributed by atoms with Crippen LogP contribution in [-0.2, 0) is 6.54 Å². The Hall–Kier alpha value is -1.54. The normalized spacial score (nSPS) is 19.1. The fourth-order valence-corrected chi connectivity index (χ4v) is 3.73. The summed E-state index contributed by atoms with van der Waals surface area (Å²) in [6, 6.07) is 13.9. The minimum Gasteiger partial charge on any atom is -0.368 e. The summed E-state index contributed by atoms with van der Waals surface area (Å²) in [6.45, 7) is 4.10. The molecule has 0 aromatic heterocycles. The number of fused-ring (bicyclic) bond motifs is 1. The smallest absolute Gasteiger partial charge is 0.0448 e. The minimum atomic E-state index is 0.610. The molecule has 2 aromatic rings. The molecule has 0 aliphatic carbocycles. The zero-order valence-corrected chi connectivity index (χ0v) is 13.0. The lowest BCUT2D eigenvalue weighted by Crippen LogP contribution is -2.39. The van der Waals surface area contributed by atoms with Crippen LogP contribution in [-0.4, -0.2) is 12.6 Å². The van der Waals surface area contributed by atoms with Gasteiger partial charge in [-0.2, -0.15) is 0 Å². The van der Waals surface area contributed by atoms with E-state index in [2.05, 4.69) is 48.2 Å². The summed E-state index contributed by atoms with van der Waals surface area (Å²) in [7, 11) is 0. The van der Waals surface area contributed by atoms with E-state index in [9.17, 15) is 0 Å². The Morgan fingerprint density at radius 2 is 1.90 bits per heavy atom. The van der Waals surface area contributed by atoms with Crippen LogP contribution in [0, 0.1) is 0 Å². The minimum absolute atomic E-state index is 0.610. The summed E-state index contributed by atoms with van der Waals surface area (Å²) >= 11 is 0. The molecule has 2 aromatic carbocycles. The first-order valence-corrected chi connectivity index (χ1v) is 8.32. The topological polar surface area (TPSA) is 29.3 Å². The van der Waals surface area contributed by atoms with Gasteiger partial charge in [-0.05, 0) is 42.7 Å². The Labute approximate surface area is 127 Å². The van der Waals surface area contributed by atoms with Crippen molar-refractivity contribution in [2.75, 3.05) is 11.4 Å². The van der Waals surface area contributed by atoms with E-state index in [1.807, 2.05) is 0 Å². The molecule has 1 aliphatic heterocycles. The quantitative estimate of drug-likeness (QED) is 0.897. The molecule has 1 aliphatic rings. The van der Waals surface area contributed by atoms with Crippen molar-refractivity contribution in [3.8, 4) is 0 Å². The SMILES string of the molecule is CCCC1CCCCN1c1ccc(CN)c2ccccc12. The standard InChI is InChI=1S/C19H26N2/c1-2-7-16-8-5-6-13-21(16)19-12-11-15(14-20)17-9-3-4-10-18(17)19/h3-4,9-12,16H,2,5-8,13-14,20H2,1H3. The van der Waals surface area contributed by atoms with E-state index in [1.54, 1.807) is 0 Å². The highest BCUT2D eigenvalue weighted by Crippen LogP contribution is 2.34. The molecular formula is C19H26N2. The largest absolute Gasteiger partial charge is 0.368 e. The van der Waals surface area contributed by atoms with Gasteiger partial charge in [-0.25, -0.2) is 0 Å².